The van der Waals surface area contributed by atoms with Gasteiger partial charge >= 0.3 is 0 Å². The first-order chi connectivity index (χ1) is 16.5. The molecule has 0 bridgehead atoms. The van der Waals surface area contributed by atoms with Crippen LogP contribution in [-0.2, 0) is 16.0 Å². The summed E-state index contributed by atoms with van der Waals surface area (Å²) in [5.74, 6) is 0.407. The van der Waals surface area contributed by atoms with Crippen molar-refractivity contribution < 1.29 is 9.53 Å². The van der Waals surface area contributed by atoms with E-state index < -0.39 is 0 Å². The van der Waals surface area contributed by atoms with Crippen molar-refractivity contribution in [3.63, 3.8) is 0 Å². The van der Waals surface area contributed by atoms with Gasteiger partial charge in [-0.05, 0) is 36.6 Å². The average molecular weight is 493 g/mol. The van der Waals surface area contributed by atoms with Crippen LogP contribution in [0.25, 0.3) is 11.7 Å². The van der Waals surface area contributed by atoms with E-state index in [-0.39, 0.29) is 11.5 Å². The number of aryl methyl sites for hydroxylation is 1. The molecule has 0 spiro atoms. The number of pyridine rings is 1. The SMILES string of the molecule is Cc1cccn2c(=O)c(/C=C3\SC(=S)N(CCc4ccccc4)C3=O)c(N3CCOCC3)nc12. The number of morpholine rings is 1. The molecule has 0 N–H and O–H groups in total. The highest BCUT2D eigenvalue weighted by atomic mass is 32.2. The highest BCUT2D eigenvalue weighted by Crippen LogP contribution is 2.33. The Kier molecular flexibility index (Phi) is 6.49. The van der Waals surface area contributed by atoms with Crippen molar-refractivity contribution in [2.75, 3.05) is 37.7 Å². The molecule has 174 valence electrons. The standard InChI is InChI=1S/C25H24N4O3S2/c1-17-6-5-10-28-21(17)26-22(27-12-14-32-15-13-27)19(23(28)30)16-20-24(31)29(25(33)34-20)11-9-18-7-3-2-4-8-18/h2-8,10,16H,9,11-15H2,1H3/b20-16-. The minimum atomic E-state index is -0.204. The van der Waals surface area contributed by atoms with Crippen molar-refractivity contribution in [1.29, 1.82) is 0 Å². The van der Waals surface area contributed by atoms with Gasteiger partial charge in [-0.3, -0.25) is 18.9 Å². The lowest BCUT2D eigenvalue weighted by Gasteiger charge is -2.29. The first-order valence-electron chi connectivity index (χ1n) is 11.2. The van der Waals surface area contributed by atoms with Gasteiger partial charge in [-0.25, -0.2) is 4.98 Å². The molecule has 34 heavy (non-hydrogen) atoms. The number of fused-ring (bicyclic) bond motifs is 1. The number of carbonyl (C=O) groups excluding carboxylic acids is 1. The highest BCUT2D eigenvalue weighted by molar-refractivity contribution is 8.26. The van der Waals surface area contributed by atoms with E-state index in [1.807, 2.05) is 49.4 Å². The van der Waals surface area contributed by atoms with Crippen LogP contribution in [0.15, 0.2) is 58.4 Å². The molecule has 3 aromatic rings. The van der Waals surface area contributed by atoms with Crippen LogP contribution in [0, 0.1) is 6.92 Å². The number of rotatable bonds is 5. The number of nitrogens with zero attached hydrogens (tertiary/aromatic N) is 4. The van der Waals surface area contributed by atoms with E-state index in [9.17, 15) is 9.59 Å². The fraction of sp³-hybridized carbons (Fsp3) is 0.280. The van der Waals surface area contributed by atoms with Crippen LogP contribution in [0.2, 0.25) is 0 Å². The quantitative estimate of drug-likeness (QED) is 0.400. The van der Waals surface area contributed by atoms with E-state index in [1.54, 1.807) is 21.6 Å². The summed E-state index contributed by atoms with van der Waals surface area (Å²) in [5.41, 5.74) is 2.86. The van der Waals surface area contributed by atoms with Crippen molar-refractivity contribution in [2.45, 2.75) is 13.3 Å². The number of thioether (sulfide) groups is 1. The van der Waals surface area contributed by atoms with Gasteiger partial charge in [0.2, 0.25) is 0 Å². The summed E-state index contributed by atoms with van der Waals surface area (Å²) in [6.45, 7) is 4.82. The summed E-state index contributed by atoms with van der Waals surface area (Å²) in [5, 5.41) is 0. The normalized spacial score (nSPS) is 17.9. The molecule has 1 amide bonds. The molecule has 0 saturated carbocycles. The van der Waals surface area contributed by atoms with Gasteiger partial charge in [-0.15, -0.1) is 0 Å². The zero-order valence-electron chi connectivity index (χ0n) is 18.8. The summed E-state index contributed by atoms with van der Waals surface area (Å²) >= 11 is 6.75. The number of ether oxygens (including phenoxy) is 1. The van der Waals surface area contributed by atoms with Crippen molar-refractivity contribution in [3.8, 4) is 0 Å². The van der Waals surface area contributed by atoms with Gasteiger partial charge < -0.3 is 9.64 Å². The van der Waals surface area contributed by atoms with Gasteiger partial charge in [0, 0.05) is 25.8 Å². The minimum Gasteiger partial charge on any atom is -0.378 e. The summed E-state index contributed by atoms with van der Waals surface area (Å²) in [6, 6.07) is 13.8. The number of hydrogen-bond donors (Lipinski definition) is 0. The molecular weight excluding hydrogens is 468 g/mol. The topological polar surface area (TPSA) is 67.2 Å². The number of thiocarbonyl (C=S) groups is 1. The molecule has 2 fully saturated rings. The van der Waals surface area contributed by atoms with Crippen LogP contribution in [0.1, 0.15) is 16.7 Å². The Morgan fingerprint density at radius 3 is 2.65 bits per heavy atom. The molecule has 2 aromatic heterocycles. The van der Waals surface area contributed by atoms with Crippen LogP contribution in [0.3, 0.4) is 0 Å². The minimum absolute atomic E-state index is 0.174. The maximum absolute atomic E-state index is 13.6. The Labute approximate surface area is 207 Å². The molecule has 7 nitrogen and oxygen atoms in total. The largest absolute Gasteiger partial charge is 0.378 e. The van der Waals surface area contributed by atoms with Crippen molar-refractivity contribution >= 4 is 51.7 Å². The Hall–Kier alpha value is -3.01. The van der Waals surface area contributed by atoms with E-state index in [1.165, 1.54) is 11.8 Å². The molecule has 0 atom stereocenters. The fourth-order valence-electron chi connectivity index (χ4n) is 4.15. The number of aromatic nitrogens is 2. The van der Waals surface area contributed by atoms with E-state index in [0.29, 0.717) is 65.5 Å². The molecule has 9 heteroatoms. The molecule has 2 saturated heterocycles. The molecule has 0 unspecified atom stereocenters. The molecular formula is C25H24N4O3S2. The lowest BCUT2D eigenvalue weighted by molar-refractivity contribution is -0.122. The zero-order valence-corrected chi connectivity index (χ0v) is 20.4. The second kappa shape index (κ2) is 9.69. The maximum Gasteiger partial charge on any atom is 0.267 e. The van der Waals surface area contributed by atoms with Gasteiger partial charge in [0.25, 0.3) is 11.5 Å². The van der Waals surface area contributed by atoms with Crippen LogP contribution in [-0.4, -0.2) is 57.4 Å². The van der Waals surface area contributed by atoms with Crippen molar-refractivity contribution in [3.05, 3.63) is 80.6 Å². The number of benzene rings is 1. The Morgan fingerprint density at radius 1 is 1.12 bits per heavy atom. The smallest absolute Gasteiger partial charge is 0.267 e. The third kappa shape index (κ3) is 4.38. The molecule has 5 rings (SSSR count). The molecule has 1 aromatic carbocycles. The predicted octanol–water partition coefficient (Wildman–Crippen LogP) is 3.28. The second-order valence-electron chi connectivity index (χ2n) is 8.21. The molecule has 0 aliphatic carbocycles. The Bertz CT molecular complexity index is 1350. The van der Waals surface area contributed by atoms with Crippen molar-refractivity contribution in [1.82, 2.24) is 14.3 Å². The summed E-state index contributed by atoms with van der Waals surface area (Å²) in [6.07, 6.45) is 4.08. The molecule has 4 heterocycles. The average Bonchev–Trinajstić information content (AvgIpc) is 3.13. The van der Waals surface area contributed by atoms with E-state index in [0.717, 1.165) is 11.1 Å². The van der Waals surface area contributed by atoms with Crippen LogP contribution >= 0.6 is 24.0 Å². The Morgan fingerprint density at radius 2 is 1.88 bits per heavy atom. The highest BCUT2D eigenvalue weighted by Gasteiger charge is 2.33. The van der Waals surface area contributed by atoms with Crippen LogP contribution in [0.4, 0.5) is 5.82 Å². The second-order valence-corrected chi connectivity index (χ2v) is 9.88. The first kappa shape index (κ1) is 22.8. The summed E-state index contributed by atoms with van der Waals surface area (Å²) < 4.78 is 7.54. The zero-order chi connectivity index (χ0) is 23.7. The molecule has 0 radical (unpaired) electrons. The van der Waals surface area contributed by atoms with Gasteiger partial charge in [-0.1, -0.05) is 60.4 Å². The third-order valence-corrected chi connectivity index (χ3v) is 7.37. The summed E-state index contributed by atoms with van der Waals surface area (Å²) in [4.78, 5) is 35.8. The number of anilines is 1. The van der Waals surface area contributed by atoms with Gasteiger partial charge in [-0.2, -0.15) is 0 Å². The first-order valence-corrected chi connectivity index (χ1v) is 12.4. The van der Waals surface area contributed by atoms with Gasteiger partial charge in [0.05, 0.1) is 23.7 Å². The van der Waals surface area contributed by atoms with Crippen molar-refractivity contribution in [2.24, 2.45) is 0 Å². The Balaban J connectivity index is 1.52. The number of carbonyl (C=O) groups is 1. The molecule has 2 aliphatic heterocycles. The monoisotopic (exact) mass is 492 g/mol. The fourth-order valence-corrected chi connectivity index (χ4v) is 5.44. The number of hydrogen-bond acceptors (Lipinski definition) is 7. The lowest BCUT2D eigenvalue weighted by Crippen LogP contribution is -2.38. The number of amides is 1. The van der Waals surface area contributed by atoms with E-state index >= 15 is 0 Å². The van der Waals surface area contributed by atoms with Crippen LogP contribution < -0.4 is 10.5 Å². The van der Waals surface area contributed by atoms with E-state index in [4.69, 9.17) is 21.9 Å². The predicted molar refractivity (Wildman–Crippen MR) is 139 cm³/mol. The maximum atomic E-state index is 13.6. The summed E-state index contributed by atoms with van der Waals surface area (Å²) in [7, 11) is 0. The van der Waals surface area contributed by atoms with Crippen LogP contribution in [0.5, 0.6) is 0 Å². The van der Waals surface area contributed by atoms with Gasteiger partial charge in [0.1, 0.15) is 15.8 Å². The molecule has 2 aliphatic rings. The van der Waals surface area contributed by atoms with Gasteiger partial charge in [0.15, 0.2) is 0 Å². The lowest BCUT2D eigenvalue weighted by atomic mass is 10.1. The van der Waals surface area contributed by atoms with E-state index in [2.05, 4.69) is 4.90 Å². The third-order valence-electron chi connectivity index (χ3n) is 5.99.